The van der Waals surface area contributed by atoms with Crippen LogP contribution in [0.5, 0.6) is 0 Å². The minimum Gasteiger partial charge on any atom is -0.326 e. The van der Waals surface area contributed by atoms with E-state index < -0.39 is 10.0 Å². The molecule has 0 atom stereocenters. The summed E-state index contributed by atoms with van der Waals surface area (Å²) in [6.07, 6.45) is 3.28. The zero-order valence-electron chi connectivity index (χ0n) is 24.7. The third-order valence-corrected chi connectivity index (χ3v) is 9.40. The average molecular weight is 631 g/mol. The lowest BCUT2D eigenvalue weighted by Crippen LogP contribution is -2.35. The predicted molar refractivity (Wildman–Crippen MR) is 179 cm³/mol. The van der Waals surface area contributed by atoms with Crippen LogP contribution in [-0.2, 0) is 21.4 Å². The Kier molecular flexibility index (Phi) is 9.63. The van der Waals surface area contributed by atoms with Gasteiger partial charge in [0.25, 0.3) is 10.0 Å². The fourth-order valence-electron chi connectivity index (χ4n) is 5.35. The number of anilines is 1. The van der Waals surface area contributed by atoms with Crippen molar-refractivity contribution in [1.29, 1.82) is 0 Å². The third-order valence-electron chi connectivity index (χ3n) is 7.52. The largest absolute Gasteiger partial charge is 0.326 e. The van der Waals surface area contributed by atoms with Gasteiger partial charge in [-0.2, -0.15) is 0 Å². The van der Waals surface area contributed by atoms with Gasteiger partial charge in [-0.05, 0) is 62.4 Å². The van der Waals surface area contributed by atoms with Gasteiger partial charge < -0.3 is 10.6 Å². The highest BCUT2D eigenvalue weighted by Crippen LogP contribution is 2.32. The molecule has 0 unspecified atom stereocenters. The molecule has 9 nitrogen and oxygen atoms in total. The molecule has 0 radical (unpaired) electrons. The molecular formula is C33H35ClN6O3S. The second-order valence-electron chi connectivity index (χ2n) is 10.7. The number of halogens is 1. The summed E-state index contributed by atoms with van der Waals surface area (Å²) in [5.41, 5.74) is 3.62. The first-order valence-electron chi connectivity index (χ1n) is 14.3. The second kappa shape index (κ2) is 13.6. The lowest BCUT2D eigenvalue weighted by Gasteiger charge is -2.30. The van der Waals surface area contributed by atoms with Gasteiger partial charge in [0, 0.05) is 54.4 Å². The molecule has 5 rings (SSSR count). The van der Waals surface area contributed by atoms with Crippen molar-refractivity contribution < 1.29 is 13.2 Å². The van der Waals surface area contributed by atoms with Gasteiger partial charge in [0.15, 0.2) is 0 Å². The van der Waals surface area contributed by atoms with Crippen molar-refractivity contribution in [3.63, 3.8) is 0 Å². The van der Waals surface area contributed by atoms with Crippen LogP contribution in [-0.4, -0.2) is 55.0 Å². The molecule has 228 valence electrons. The summed E-state index contributed by atoms with van der Waals surface area (Å²) in [6.45, 7) is 9.52. The predicted octanol–water partition coefficient (Wildman–Crippen LogP) is 6.07. The molecule has 1 amide bonds. The summed E-state index contributed by atoms with van der Waals surface area (Å²) in [5.74, 6) is 0.240. The van der Waals surface area contributed by atoms with E-state index >= 15 is 0 Å². The summed E-state index contributed by atoms with van der Waals surface area (Å²) >= 11 is 6.61. The van der Waals surface area contributed by atoms with Crippen molar-refractivity contribution >= 4 is 62.5 Å². The highest BCUT2D eigenvalue weighted by molar-refractivity contribution is 7.90. The normalized spacial score (nSPS) is 15.6. The Bertz CT molecular complexity index is 1820. The van der Waals surface area contributed by atoms with Crippen LogP contribution in [0.15, 0.2) is 105 Å². The Balaban J connectivity index is 1.32. The first-order chi connectivity index (χ1) is 21.2. The van der Waals surface area contributed by atoms with Crippen molar-refractivity contribution in [3.8, 4) is 0 Å². The van der Waals surface area contributed by atoms with Crippen molar-refractivity contribution in [2.75, 3.05) is 18.4 Å². The first kappa shape index (κ1) is 31.2. The standard InChI is InChI=1S/C33H35ClN6O3S/c1-23(34)32(30-22-40(31-12-8-7-11-29(30)31)44(42,43)28-9-5-4-6-10-28)38-33(35-3)37-27-17-19-39(20-18-27)21-25-13-15-26(16-14-25)36-24(2)41/h4-16,22,27H,3,17-21H2,1-2H3,(H,36,41)(H,37,38)/b32-23+. The lowest BCUT2D eigenvalue weighted by atomic mass is 10.0. The van der Waals surface area contributed by atoms with Crippen molar-refractivity contribution in [1.82, 2.24) is 14.2 Å². The fourth-order valence-corrected chi connectivity index (χ4v) is 6.89. The van der Waals surface area contributed by atoms with Gasteiger partial charge in [-0.3, -0.25) is 9.69 Å². The van der Waals surface area contributed by atoms with E-state index in [4.69, 9.17) is 16.6 Å². The molecule has 44 heavy (non-hydrogen) atoms. The Morgan fingerprint density at radius 1 is 0.977 bits per heavy atom. The first-order valence-corrected chi connectivity index (χ1v) is 16.2. The Morgan fingerprint density at radius 2 is 1.64 bits per heavy atom. The maximum Gasteiger partial charge on any atom is 0.268 e. The van der Waals surface area contributed by atoms with Crippen LogP contribution in [0.4, 0.5) is 5.69 Å². The van der Waals surface area contributed by atoms with Crippen LogP contribution in [0, 0.1) is 0 Å². The number of rotatable bonds is 8. The molecule has 1 fully saturated rings. The van der Waals surface area contributed by atoms with Crippen LogP contribution in [0.2, 0.25) is 0 Å². The molecule has 1 aliphatic rings. The third kappa shape index (κ3) is 7.10. The number of likely N-dealkylation sites (tertiary alicyclic amines) is 1. The summed E-state index contributed by atoms with van der Waals surface area (Å²) in [7, 11) is -3.86. The molecule has 11 heteroatoms. The van der Waals surface area contributed by atoms with E-state index in [0.717, 1.165) is 43.5 Å². The summed E-state index contributed by atoms with van der Waals surface area (Å²) < 4.78 is 28.5. The van der Waals surface area contributed by atoms with Gasteiger partial charge >= 0.3 is 0 Å². The number of para-hydroxylation sites is 1. The summed E-state index contributed by atoms with van der Waals surface area (Å²) in [5, 5.41) is 7.19. The smallest absolute Gasteiger partial charge is 0.268 e. The number of benzene rings is 3. The van der Waals surface area contributed by atoms with Gasteiger partial charge in [-0.15, -0.1) is 0 Å². The van der Waals surface area contributed by atoms with E-state index in [1.165, 1.54) is 16.5 Å². The molecule has 0 aliphatic carbocycles. The molecule has 1 saturated heterocycles. The van der Waals surface area contributed by atoms with Crippen molar-refractivity contribution in [2.45, 2.75) is 44.2 Å². The van der Waals surface area contributed by atoms with Gasteiger partial charge in [0.1, 0.15) is 0 Å². The maximum absolute atomic E-state index is 13.6. The van der Waals surface area contributed by atoms with E-state index in [0.29, 0.717) is 27.8 Å². The van der Waals surface area contributed by atoms with E-state index in [-0.39, 0.29) is 16.8 Å². The number of fused-ring (bicyclic) bond motifs is 1. The minimum atomic E-state index is -3.86. The van der Waals surface area contributed by atoms with Crippen LogP contribution < -0.4 is 10.6 Å². The monoisotopic (exact) mass is 630 g/mol. The SMILES string of the molecule is C=NC(=NC1CCN(Cc2ccc(NC(C)=O)cc2)CC1)N/C(=C(\C)Cl)c1cn(S(=O)(=O)c2ccccc2)c2ccccc12. The van der Waals surface area contributed by atoms with Gasteiger partial charge in [-0.25, -0.2) is 22.4 Å². The highest BCUT2D eigenvalue weighted by Gasteiger charge is 2.24. The number of allylic oxidation sites excluding steroid dienone is 1. The number of piperidine rings is 1. The molecule has 1 aromatic heterocycles. The fraction of sp³-hybridized carbons (Fsp3) is 0.242. The molecule has 0 spiro atoms. The number of nitrogens with zero attached hydrogens (tertiary/aromatic N) is 4. The lowest BCUT2D eigenvalue weighted by molar-refractivity contribution is -0.114. The molecule has 3 aromatic carbocycles. The number of nitrogens with one attached hydrogen (secondary N) is 2. The van der Waals surface area contributed by atoms with Crippen molar-refractivity contribution in [3.05, 3.63) is 101 Å². The number of guanidine groups is 1. The second-order valence-corrected chi connectivity index (χ2v) is 13.1. The van der Waals surface area contributed by atoms with E-state index in [1.807, 2.05) is 36.4 Å². The molecule has 0 saturated carbocycles. The Hall–Kier alpha value is -4.25. The quantitative estimate of drug-likeness (QED) is 0.181. The van der Waals surface area contributed by atoms with Crippen LogP contribution >= 0.6 is 11.6 Å². The average Bonchev–Trinajstić information content (AvgIpc) is 3.41. The number of aromatic nitrogens is 1. The Morgan fingerprint density at radius 3 is 2.27 bits per heavy atom. The number of hydrogen-bond acceptors (Lipinski definition) is 5. The van der Waals surface area contributed by atoms with E-state index in [1.54, 1.807) is 55.6 Å². The molecule has 1 aliphatic heterocycles. The Labute approximate surface area is 263 Å². The van der Waals surface area contributed by atoms with Crippen molar-refractivity contribution in [2.24, 2.45) is 9.98 Å². The number of carbonyl (C=O) groups excluding carboxylic acids is 1. The van der Waals surface area contributed by atoms with Crippen LogP contribution in [0.3, 0.4) is 0 Å². The topological polar surface area (TPSA) is 108 Å². The summed E-state index contributed by atoms with van der Waals surface area (Å²) in [6, 6.07) is 23.6. The maximum atomic E-state index is 13.6. The van der Waals surface area contributed by atoms with E-state index in [9.17, 15) is 13.2 Å². The van der Waals surface area contributed by atoms with E-state index in [2.05, 4.69) is 27.2 Å². The van der Waals surface area contributed by atoms with Gasteiger partial charge in [-0.1, -0.05) is 60.1 Å². The molecule has 0 bridgehead atoms. The number of aliphatic imine (C=N–C) groups is 2. The zero-order chi connectivity index (χ0) is 31.3. The summed E-state index contributed by atoms with van der Waals surface area (Å²) in [4.78, 5) is 22.9. The molecule has 4 aromatic rings. The van der Waals surface area contributed by atoms with Crippen LogP contribution in [0.25, 0.3) is 16.6 Å². The highest BCUT2D eigenvalue weighted by atomic mass is 35.5. The number of hydrogen-bond donors (Lipinski definition) is 2. The van der Waals surface area contributed by atoms with Gasteiger partial charge in [0.2, 0.25) is 11.9 Å². The van der Waals surface area contributed by atoms with Crippen LogP contribution in [0.1, 0.15) is 37.8 Å². The zero-order valence-corrected chi connectivity index (χ0v) is 26.3. The molecule has 2 heterocycles. The molecular weight excluding hydrogens is 596 g/mol. The number of carbonyl (C=O) groups is 1. The van der Waals surface area contributed by atoms with Gasteiger partial charge in [0.05, 0.1) is 22.2 Å². The number of amides is 1. The molecule has 2 N–H and O–H groups in total. The minimum absolute atomic E-state index is 0.0399.